The topological polar surface area (TPSA) is 41.3 Å². The fraction of sp³-hybridized carbons (Fsp3) is 1.00. The third kappa shape index (κ3) is 3.46. The van der Waals surface area contributed by atoms with Crippen molar-refractivity contribution in [3.05, 3.63) is 0 Å². The number of nitrogens with zero attached hydrogens (tertiary/aromatic N) is 1. The van der Waals surface area contributed by atoms with Crippen molar-refractivity contribution < 1.29 is 0 Å². The van der Waals surface area contributed by atoms with Gasteiger partial charge in [-0.15, -0.1) is 0 Å². The van der Waals surface area contributed by atoms with Crippen LogP contribution in [0, 0.1) is 0 Å². The van der Waals surface area contributed by atoms with Gasteiger partial charge in [-0.2, -0.15) is 0 Å². The summed E-state index contributed by atoms with van der Waals surface area (Å²) in [6, 6.07) is 0.468. The van der Waals surface area contributed by atoms with Crippen LogP contribution in [0.4, 0.5) is 0 Å². The van der Waals surface area contributed by atoms with Crippen molar-refractivity contribution in [1.29, 1.82) is 0 Å². The number of likely N-dealkylation sites (N-methyl/N-ethyl adjacent to an activating group) is 2. The van der Waals surface area contributed by atoms with E-state index in [4.69, 9.17) is 5.73 Å². The highest BCUT2D eigenvalue weighted by molar-refractivity contribution is 4.67. The smallest absolute Gasteiger partial charge is 0.0336 e. The molecule has 0 saturated carbocycles. The first-order valence-corrected chi connectivity index (χ1v) is 3.23. The molecule has 0 aliphatic heterocycles. The van der Waals surface area contributed by atoms with Crippen molar-refractivity contribution in [1.82, 2.24) is 10.2 Å². The quantitative estimate of drug-likeness (QED) is 0.519. The Labute approximate surface area is 57.2 Å². The molecule has 0 aromatic rings. The summed E-state index contributed by atoms with van der Waals surface area (Å²) in [7, 11) is 6.01. The van der Waals surface area contributed by atoms with Gasteiger partial charge in [0.25, 0.3) is 0 Å². The monoisotopic (exact) mass is 131 g/mol. The van der Waals surface area contributed by atoms with Crippen LogP contribution in [0.15, 0.2) is 0 Å². The summed E-state index contributed by atoms with van der Waals surface area (Å²) in [5.74, 6) is 0. The number of hydrogen-bond donors (Lipinski definition) is 2. The molecule has 9 heavy (non-hydrogen) atoms. The predicted octanol–water partition coefficient (Wildman–Crippen LogP) is -0.905. The van der Waals surface area contributed by atoms with Crippen molar-refractivity contribution in [3.63, 3.8) is 0 Å². The van der Waals surface area contributed by atoms with E-state index in [0.717, 1.165) is 6.54 Å². The van der Waals surface area contributed by atoms with E-state index in [1.165, 1.54) is 0 Å². The zero-order valence-electron chi connectivity index (χ0n) is 6.52. The van der Waals surface area contributed by atoms with Crippen LogP contribution in [0.1, 0.15) is 0 Å². The summed E-state index contributed by atoms with van der Waals surface area (Å²) in [5.41, 5.74) is 5.48. The number of nitrogens with two attached hydrogens (primary N) is 1. The minimum atomic E-state index is 0.468. The van der Waals surface area contributed by atoms with E-state index < -0.39 is 0 Å². The van der Waals surface area contributed by atoms with Gasteiger partial charge in [-0.05, 0) is 21.1 Å². The normalized spacial score (nSPS) is 14.3. The Morgan fingerprint density at radius 1 is 1.56 bits per heavy atom. The molecule has 1 atom stereocenters. The van der Waals surface area contributed by atoms with Crippen molar-refractivity contribution in [2.24, 2.45) is 5.73 Å². The maximum atomic E-state index is 5.48. The molecule has 3 N–H and O–H groups in total. The first kappa shape index (κ1) is 8.88. The summed E-state index contributed by atoms with van der Waals surface area (Å²) in [6.07, 6.45) is 0. The van der Waals surface area contributed by atoms with E-state index in [1.54, 1.807) is 0 Å². The van der Waals surface area contributed by atoms with Gasteiger partial charge < -0.3 is 16.0 Å². The van der Waals surface area contributed by atoms with Crippen LogP contribution in [0.2, 0.25) is 0 Å². The molecule has 0 spiro atoms. The van der Waals surface area contributed by atoms with Gasteiger partial charge in [0.2, 0.25) is 0 Å². The second kappa shape index (κ2) is 4.73. The zero-order chi connectivity index (χ0) is 7.28. The van der Waals surface area contributed by atoms with Gasteiger partial charge >= 0.3 is 0 Å². The largest absolute Gasteiger partial charge is 0.329 e. The molecule has 0 rings (SSSR count). The fourth-order valence-electron chi connectivity index (χ4n) is 0.712. The molecule has 0 amide bonds. The lowest BCUT2D eigenvalue weighted by Crippen LogP contribution is -2.42. The lowest BCUT2D eigenvalue weighted by molar-refractivity contribution is 0.294. The van der Waals surface area contributed by atoms with Gasteiger partial charge in [-0.25, -0.2) is 0 Å². The molecule has 0 aromatic heterocycles. The lowest BCUT2D eigenvalue weighted by Gasteiger charge is -2.21. The van der Waals surface area contributed by atoms with Gasteiger partial charge in [0, 0.05) is 19.1 Å². The van der Waals surface area contributed by atoms with E-state index >= 15 is 0 Å². The standard InChI is InChI=1S/C6H17N3/c1-8-5-6(4-7)9(2)3/h6,8H,4-5,7H2,1-3H3. The Kier molecular flexibility index (Phi) is 4.67. The Balaban J connectivity index is 3.41. The summed E-state index contributed by atoms with van der Waals surface area (Å²) in [6.45, 7) is 1.68. The molecule has 0 aliphatic carbocycles. The fourth-order valence-corrected chi connectivity index (χ4v) is 0.712. The highest BCUT2D eigenvalue weighted by atomic mass is 15.1. The predicted molar refractivity (Wildman–Crippen MR) is 40.5 cm³/mol. The first-order chi connectivity index (χ1) is 4.22. The van der Waals surface area contributed by atoms with Crippen molar-refractivity contribution in [3.8, 4) is 0 Å². The highest BCUT2D eigenvalue weighted by Gasteiger charge is 2.05. The van der Waals surface area contributed by atoms with Gasteiger partial charge in [-0.3, -0.25) is 0 Å². The van der Waals surface area contributed by atoms with Crippen LogP contribution >= 0.6 is 0 Å². The Hall–Kier alpha value is -0.120. The molecule has 3 heteroatoms. The van der Waals surface area contributed by atoms with E-state index in [0.29, 0.717) is 12.6 Å². The first-order valence-electron chi connectivity index (χ1n) is 3.23. The second-order valence-electron chi connectivity index (χ2n) is 2.41. The van der Waals surface area contributed by atoms with Gasteiger partial charge in [-0.1, -0.05) is 0 Å². The van der Waals surface area contributed by atoms with E-state index in [1.807, 2.05) is 21.1 Å². The summed E-state index contributed by atoms with van der Waals surface area (Å²) < 4.78 is 0. The minimum Gasteiger partial charge on any atom is -0.329 e. The van der Waals surface area contributed by atoms with Crippen molar-refractivity contribution in [2.45, 2.75) is 6.04 Å². The molecular weight excluding hydrogens is 114 g/mol. The highest BCUT2D eigenvalue weighted by Crippen LogP contribution is 1.86. The molecule has 56 valence electrons. The van der Waals surface area contributed by atoms with Crippen LogP contribution in [-0.2, 0) is 0 Å². The number of hydrogen-bond acceptors (Lipinski definition) is 3. The van der Waals surface area contributed by atoms with Gasteiger partial charge in [0.15, 0.2) is 0 Å². The third-order valence-corrected chi connectivity index (χ3v) is 1.44. The van der Waals surface area contributed by atoms with Crippen molar-refractivity contribution in [2.75, 3.05) is 34.2 Å². The van der Waals surface area contributed by atoms with Crippen LogP contribution in [0.3, 0.4) is 0 Å². The Morgan fingerprint density at radius 3 is 2.22 bits per heavy atom. The molecule has 0 radical (unpaired) electrons. The summed E-state index contributed by atoms with van der Waals surface area (Å²) in [5, 5.41) is 3.08. The average Bonchev–Trinajstić information content (AvgIpc) is 1.82. The third-order valence-electron chi connectivity index (χ3n) is 1.44. The minimum absolute atomic E-state index is 0.468. The molecule has 0 saturated heterocycles. The molecule has 0 bridgehead atoms. The van der Waals surface area contributed by atoms with E-state index in [-0.39, 0.29) is 0 Å². The van der Waals surface area contributed by atoms with Crippen LogP contribution < -0.4 is 11.1 Å². The SMILES string of the molecule is CNCC(CN)N(C)C. The maximum Gasteiger partial charge on any atom is 0.0336 e. The van der Waals surface area contributed by atoms with Gasteiger partial charge in [0.1, 0.15) is 0 Å². The number of nitrogens with one attached hydrogen (secondary N) is 1. The molecule has 0 aliphatic rings. The summed E-state index contributed by atoms with van der Waals surface area (Å²) in [4.78, 5) is 2.12. The van der Waals surface area contributed by atoms with Gasteiger partial charge in [0.05, 0.1) is 0 Å². The number of rotatable bonds is 4. The van der Waals surface area contributed by atoms with Crippen LogP contribution in [0.25, 0.3) is 0 Å². The molecule has 0 heterocycles. The summed E-state index contributed by atoms with van der Waals surface area (Å²) >= 11 is 0. The van der Waals surface area contributed by atoms with E-state index in [2.05, 4.69) is 10.2 Å². The second-order valence-corrected chi connectivity index (χ2v) is 2.41. The lowest BCUT2D eigenvalue weighted by atomic mass is 10.3. The Bertz CT molecular complexity index is 63.3. The molecular formula is C6H17N3. The maximum absolute atomic E-state index is 5.48. The molecule has 3 nitrogen and oxygen atoms in total. The van der Waals surface area contributed by atoms with Crippen LogP contribution in [0.5, 0.6) is 0 Å². The average molecular weight is 131 g/mol. The molecule has 1 unspecified atom stereocenters. The van der Waals surface area contributed by atoms with Crippen LogP contribution in [-0.4, -0.2) is 45.2 Å². The van der Waals surface area contributed by atoms with E-state index in [9.17, 15) is 0 Å². The molecule has 0 aromatic carbocycles. The zero-order valence-corrected chi connectivity index (χ0v) is 6.52. The Morgan fingerprint density at radius 2 is 2.11 bits per heavy atom. The molecule has 0 fully saturated rings. The van der Waals surface area contributed by atoms with Crippen molar-refractivity contribution >= 4 is 0 Å².